The maximum atomic E-state index is 11.9. The number of rotatable bonds is 4. The Morgan fingerprint density at radius 2 is 2.11 bits per heavy atom. The molecule has 0 radical (unpaired) electrons. The van der Waals surface area contributed by atoms with Gasteiger partial charge in [-0.3, -0.25) is 4.79 Å². The quantitative estimate of drug-likeness (QED) is 0.577. The number of benzene rings is 1. The largest absolute Gasteiger partial charge is 0.399 e. The van der Waals surface area contributed by atoms with Crippen LogP contribution in [0.25, 0.3) is 10.9 Å². The van der Waals surface area contributed by atoms with E-state index in [1.54, 1.807) is 24.4 Å². The Labute approximate surface area is 110 Å². The van der Waals surface area contributed by atoms with E-state index in [0.717, 1.165) is 10.9 Å². The Bertz CT molecular complexity index is 721. The third-order valence-corrected chi connectivity index (χ3v) is 3.40. The highest BCUT2D eigenvalue weighted by Gasteiger charge is 2.12. The van der Waals surface area contributed by atoms with Gasteiger partial charge in [-0.1, -0.05) is 0 Å². The lowest BCUT2D eigenvalue weighted by atomic mass is 10.1. The van der Waals surface area contributed by atoms with Crippen molar-refractivity contribution in [3.8, 4) is 0 Å². The number of fused-ring (bicyclic) bond motifs is 1. The molecule has 0 atom stereocenters. The Hall–Kier alpha value is -2.06. The summed E-state index contributed by atoms with van der Waals surface area (Å²) in [5, 5.41) is 8.07. The molecular weight excluding hydrogens is 268 g/mol. The lowest BCUT2D eigenvalue weighted by Gasteiger charge is -2.03. The van der Waals surface area contributed by atoms with Crippen molar-refractivity contribution in [1.29, 1.82) is 0 Å². The summed E-state index contributed by atoms with van der Waals surface area (Å²) in [4.78, 5) is 14.8. The number of aromatic amines is 1. The highest BCUT2D eigenvalue weighted by atomic mass is 32.2. The van der Waals surface area contributed by atoms with Crippen molar-refractivity contribution in [1.82, 2.24) is 10.3 Å². The van der Waals surface area contributed by atoms with E-state index < -0.39 is 10.0 Å². The number of hydrogen-bond acceptors (Lipinski definition) is 4. The number of sulfonamides is 1. The van der Waals surface area contributed by atoms with Crippen LogP contribution < -0.4 is 16.2 Å². The molecule has 1 heterocycles. The van der Waals surface area contributed by atoms with Gasteiger partial charge in [0, 0.05) is 29.3 Å². The molecule has 6 N–H and O–H groups in total. The molecule has 0 spiro atoms. The number of primary sulfonamides is 1. The fourth-order valence-corrected chi connectivity index (χ4v) is 2.12. The van der Waals surface area contributed by atoms with Gasteiger partial charge in [0.25, 0.3) is 5.91 Å². The van der Waals surface area contributed by atoms with Gasteiger partial charge in [0.1, 0.15) is 0 Å². The molecule has 0 unspecified atom stereocenters. The minimum atomic E-state index is -3.58. The minimum absolute atomic E-state index is 0.0285. The van der Waals surface area contributed by atoms with Gasteiger partial charge in [0.05, 0.1) is 11.3 Å². The number of aromatic nitrogens is 1. The minimum Gasteiger partial charge on any atom is -0.399 e. The molecule has 0 aliphatic rings. The summed E-state index contributed by atoms with van der Waals surface area (Å²) in [5.74, 6) is -0.659. The second-order valence-electron chi connectivity index (χ2n) is 4.13. The Morgan fingerprint density at radius 3 is 2.79 bits per heavy atom. The van der Waals surface area contributed by atoms with Crippen LogP contribution >= 0.6 is 0 Å². The van der Waals surface area contributed by atoms with E-state index in [2.05, 4.69) is 10.3 Å². The van der Waals surface area contributed by atoms with Crippen molar-refractivity contribution in [3.63, 3.8) is 0 Å². The number of anilines is 1. The molecule has 0 fully saturated rings. The summed E-state index contributed by atoms with van der Waals surface area (Å²) in [6.45, 7) is -0.0285. The Kier molecular flexibility index (Phi) is 3.45. The normalized spacial score (nSPS) is 11.6. The fraction of sp³-hybridized carbons (Fsp3) is 0.182. The molecule has 1 amide bonds. The third kappa shape index (κ3) is 3.24. The van der Waals surface area contributed by atoms with Gasteiger partial charge >= 0.3 is 0 Å². The highest BCUT2D eigenvalue weighted by Crippen LogP contribution is 2.20. The molecular formula is C11H14N4O3S. The van der Waals surface area contributed by atoms with Crippen molar-refractivity contribution in [2.45, 2.75) is 0 Å². The number of carbonyl (C=O) groups is 1. The molecule has 7 nitrogen and oxygen atoms in total. The molecule has 19 heavy (non-hydrogen) atoms. The van der Waals surface area contributed by atoms with Crippen molar-refractivity contribution < 1.29 is 13.2 Å². The summed E-state index contributed by atoms with van der Waals surface area (Å²) in [6.07, 6.45) is 1.55. The van der Waals surface area contributed by atoms with Crippen molar-refractivity contribution in [3.05, 3.63) is 30.0 Å². The van der Waals surface area contributed by atoms with Gasteiger partial charge in [0.2, 0.25) is 10.0 Å². The van der Waals surface area contributed by atoms with E-state index in [0.29, 0.717) is 11.3 Å². The predicted molar refractivity (Wildman–Crippen MR) is 73.0 cm³/mol. The molecule has 0 saturated carbocycles. The van der Waals surface area contributed by atoms with Gasteiger partial charge in [-0.15, -0.1) is 0 Å². The van der Waals surface area contributed by atoms with Crippen LogP contribution in [-0.2, 0) is 10.0 Å². The summed E-state index contributed by atoms with van der Waals surface area (Å²) >= 11 is 0. The smallest absolute Gasteiger partial charge is 0.253 e. The van der Waals surface area contributed by atoms with E-state index in [4.69, 9.17) is 10.9 Å². The van der Waals surface area contributed by atoms with Gasteiger partial charge in [-0.25, -0.2) is 13.6 Å². The van der Waals surface area contributed by atoms with Crippen LogP contribution in [0.2, 0.25) is 0 Å². The van der Waals surface area contributed by atoms with E-state index in [1.165, 1.54) is 0 Å². The molecule has 1 aromatic carbocycles. The van der Waals surface area contributed by atoms with Crippen LogP contribution in [0.5, 0.6) is 0 Å². The number of carbonyl (C=O) groups excluding carboxylic acids is 1. The molecule has 1 aromatic heterocycles. The number of amides is 1. The highest BCUT2D eigenvalue weighted by molar-refractivity contribution is 7.89. The van der Waals surface area contributed by atoms with Gasteiger partial charge in [-0.05, 0) is 18.2 Å². The van der Waals surface area contributed by atoms with E-state index in [9.17, 15) is 13.2 Å². The van der Waals surface area contributed by atoms with Crippen LogP contribution in [0.3, 0.4) is 0 Å². The number of nitrogens with one attached hydrogen (secondary N) is 2. The van der Waals surface area contributed by atoms with Gasteiger partial charge in [-0.2, -0.15) is 0 Å². The number of H-pyrrole nitrogens is 1. The second kappa shape index (κ2) is 4.90. The molecule has 0 bridgehead atoms. The summed E-state index contributed by atoms with van der Waals surface area (Å²) in [5.41, 5.74) is 7.41. The van der Waals surface area contributed by atoms with Gasteiger partial charge in [0.15, 0.2) is 0 Å². The molecule has 0 saturated heterocycles. The van der Waals surface area contributed by atoms with Crippen LogP contribution in [-0.4, -0.2) is 31.6 Å². The second-order valence-corrected chi connectivity index (χ2v) is 5.86. The monoisotopic (exact) mass is 282 g/mol. The Morgan fingerprint density at radius 1 is 1.37 bits per heavy atom. The lowest BCUT2D eigenvalue weighted by Crippen LogP contribution is -2.31. The van der Waals surface area contributed by atoms with Crippen molar-refractivity contribution >= 4 is 32.5 Å². The van der Waals surface area contributed by atoms with Crippen LogP contribution in [0, 0.1) is 0 Å². The molecule has 102 valence electrons. The summed E-state index contributed by atoms with van der Waals surface area (Å²) in [7, 11) is -3.58. The van der Waals surface area contributed by atoms with Crippen LogP contribution in [0.4, 0.5) is 5.69 Å². The molecule has 2 aromatic rings. The van der Waals surface area contributed by atoms with Crippen LogP contribution in [0.1, 0.15) is 10.4 Å². The molecule has 2 rings (SSSR count). The first-order valence-corrected chi connectivity index (χ1v) is 7.23. The maximum Gasteiger partial charge on any atom is 0.253 e. The SMILES string of the molecule is Nc1ccc2c(C(=O)NCCS(N)(=O)=O)c[nH]c2c1. The van der Waals surface area contributed by atoms with E-state index in [1.807, 2.05) is 0 Å². The van der Waals surface area contributed by atoms with Gasteiger partial charge < -0.3 is 16.0 Å². The zero-order valence-corrected chi connectivity index (χ0v) is 10.8. The predicted octanol–water partition coefficient (Wildman–Crippen LogP) is -0.232. The van der Waals surface area contributed by atoms with Crippen molar-refractivity contribution in [2.24, 2.45) is 5.14 Å². The fourth-order valence-electron chi connectivity index (χ4n) is 1.73. The molecule has 0 aliphatic carbocycles. The maximum absolute atomic E-state index is 11.9. The zero-order valence-electron chi connectivity index (χ0n) is 10.0. The summed E-state index contributed by atoms with van der Waals surface area (Å²) in [6, 6.07) is 5.14. The number of nitrogen functional groups attached to an aromatic ring is 1. The molecule has 8 heteroatoms. The first kappa shape index (κ1) is 13.4. The number of nitrogens with two attached hydrogens (primary N) is 2. The summed E-state index contributed by atoms with van der Waals surface area (Å²) < 4.78 is 21.5. The van der Waals surface area contributed by atoms with Crippen molar-refractivity contribution in [2.75, 3.05) is 18.0 Å². The lowest BCUT2D eigenvalue weighted by molar-refractivity contribution is 0.0958. The standard InChI is InChI=1S/C11H14N4O3S/c12-7-1-2-8-9(6-15-10(8)5-7)11(16)14-3-4-19(13,17)18/h1-2,5-6,15H,3-4,12H2,(H,14,16)(H2,13,17,18). The van der Waals surface area contributed by atoms with Crippen LogP contribution in [0.15, 0.2) is 24.4 Å². The zero-order chi connectivity index (χ0) is 14.0. The average Bonchev–Trinajstić information content (AvgIpc) is 2.69. The first-order valence-electron chi connectivity index (χ1n) is 5.52. The number of hydrogen-bond donors (Lipinski definition) is 4. The first-order chi connectivity index (χ1) is 8.87. The Balaban J connectivity index is 2.14. The van der Waals surface area contributed by atoms with E-state index >= 15 is 0 Å². The van der Waals surface area contributed by atoms with E-state index in [-0.39, 0.29) is 18.2 Å². The topological polar surface area (TPSA) is 131 Å². The third-order valence-electron chi connectivity index (χ3n) is 2.62. The molecule has 0 aliphatic heterocycles. The average molecular weight is 282 g/mol.